The van der Waals surface area contributed by atoms with Gasteiger partial charge in [-0.2, -0.15) is 0 Å². The molecule has 0 radical (unpaired) electrons. The van der Waals surface area contributed by atoms with Crippen LogP contribution in [-0.4, -0.2) is 16.7 Å². The molecule has 2 aromatic heterocycles. The summed E-state index contributed by atoms with van der Waals surface area (Å²) in [6, 6.07) is 52.9. The number of hydrogen-bond donors (Lipinski definition) is 0. The number of benzene rings is 6. The third kappa shape index (κ3) is 10.7. The number of pyridine rings is 2. The molecule has 0 N–H and O–H groups in total. The quantitative estimate of drug-likeness (QED) is 0.149. The van der Waals surface area contributed by atoms with Gasteiger partial charge in [0.2, 0.25) is 6.71 Å². The minimum absolute atomic E-state index is 0.135. The molecule has 6 aromatic carbocycles. The summed E-state index contributed by atoms with van der Waals surface area (Å²) < 4.78 is 0.997. The normalized spacial score (nSPS) is 11.5. The third-order valence-electron chi connectivity index (χ3n) is 12.4. The van der Waals surface area contributed by atoms with Crippen molar-refractivity contribution in [3.8, 4) is 44.8 Å². The average Bonchev–Trinajstić information content (AvgIpc) is 3.25. The van der Waals surface area contributed by atoms with E-state index in [1.54, 1.807) is 0 Å². The molecule has 0 amide bonds. The van der Waals surface area contributed by atoms with Crippen LogP contribution >= 0.6 is 15.9 Å². The highest BCUT2D eigenvalue weighted by atomic mass is 79.9. The van der Waals surface area contributed by atoms with Crippen LogP contribution in [0.15, 0.2) is 162 Å². The maximum atomic E-state index is 5.02. The first kappa shape index (κ1) is 46.2. The lowest BCUT2D eigenvalue weighted by Crippen LogP contribution is -2.56. The first-order chi connectivity index (χ1) is 30.3. The molecule has 0 saturated heterocycles. The predicted octanol–water partition coefficient (Wildman–Crippen LogP) is 14.6. The van der Waals surface area contributed by atoms with Gasteiger partial charge in [-0.3, -0.25) is 9.97 Å². The Balaban J connectivity index is 0.000000225. The molecule has 0 unspecified atom stereocenters. The van der Waals surface area contributed by atoms with E-state index in [1.165, 1.54) is 83.1 Å². The van der Waals surface area contributed by atoms with Crippen LogP contribution in [0.25, 0.3) is 44.8 Å². The molecule has 8 aromatic rings. The van der Waals surface area contributed by atoms with E-state index in [0.717, 1.165) is 27.0 Å². The molecule has 0 atom stereocenters. The van der Waals surface area contributed by atoms with Crippen molar-refractivity contribution in [2.45, 2.75) is 93.9 Å². The van der Waals surface area contributed by atoms with E-state index >= 15 is 0 Å². The Hall–Kier alpha value is -5.84. The Kier molecular flexibility index (Phi) is 13.8. The fourth-order valence-corrected chi connectivity index (χ4v) is 9.29. The number of aryl methyl sites for hydroxylation is 6. The molecule has 322 valence electrons. The van der Waals surface area contributed by atoms with Gasteiger partial charge in [0.1, 0.15) is 0 Å². The number of nitrogens with zero attached hydrogens (tertiary/aromatic N) is 2. The van der Waals surface area contributed by atoms with Crippen LogP contribution in [0.1, 0.15) is 86.1 Å². The zero-order valence-electron chi connectivity index (χ0n) is 39.9. The Morgan fingerprint density at radius 3 is 0.984 bits per heavy atom. The number of rotatable bonds is 7. The van der Waals surface area contributed by atoms with Crippen LogP contribution in [0.2, 0.25) is 0 Å². The maximum absolute atomic E-state index is 5.02. The molecule has 4 heteroatoms. The van der Waals surface area contributed by atoms with E-state index in [4.69, 9.17) is 4.98 Å². The van der Waals surface area contributed by atoms with Crippen molar-refractivity contribution >= 4 is 39.0 Å². The van der Waals surface area contributed by atoms with Crippen LogP contribution in [0.5, 0.6) is 0 Å². The second-order valence-electron chi connectivity index (χ2n) is 19.7. The number of hydrogen-bond acceptors (Lipinski definition) is 2. The molecule has 0 fully saturated rings. The monoisotopic (exact) mass is 900 g/mol. The predicted molar refractivity (Wildman–Crippen MR) is 281 cm³/mol. The maximum Gasteiger partial charge on any atom is 0.244 e. The molecule has 0 spiro atoms. The van der Waals surface area contributed by atoms with Gasteiger partial charge in [-0.15, -0.1) is 0 Å². The zero-order valence-corrected chi connectivity index (χ0v) is 41.4. The van der Waals surface area contributed by atoms with Crippen molar-refractivity contribution in [2.75, 3.05) is 0 Å². The molecule has 0 aliphatic carbocycles. The minimum atomic E-state index is 0.135. The van der Waals surface area contributed by atoms with Gasteiger partial charge >= 0.3 is 0 Å². The van der Waals surface area contributed by atoms with E-state index in [0.29, 0.717) is 0 Å². The van der Waals surface area contributed by atoms with E-state index in [2.05, 4.69) is 244 Å². The van der Waals surface area contributed by atoms with Crippen LogP contribution in [-0.2, 0) is 10.8 Å². The average molecular weight is 902 g/mol. The topological polar surface area (TPSA) is 25.8 Å². The van der Waals surface area contributed by atoms with E-state index in [9.17, 15) is 0 Å². The lowest BCUT2D eigenvalue weighted by molar-refractivity contribution is 0.590. The first-order valence-corrected chi connectivity index (χ1v) is 23.3. The minimum Gasteiger partial charge on any atom is -0.257 e. The van der Waals surface area contributed by atoms with E-state index in [1.807, 2.05) is 18.3 Å². The molecule has 2 nitrogen and oxygen atoms in total. The van der Waals surface area contributed by atoms with Crippen molar-refractivity contribution in [1.82, 2.24) is 9.97 Å². The largest absolute Gasteiger partial charge is 0.257 e. The lowest BCUT2D eigenvalue weighted by Gasteiger charge is -2.24. The zero-order chi connectivity index (χ0) is 45.9. The highest BCUT2D eigenvalue weighted by molar-refractivity contribution is 9.10. The second-order valence-corrected chi connectivity index (χ2v) is 20.6. The van der Waals surface area contributed by atoms with Crippen molar-refractivity contribution in [3.05, 3.63) is 207 Å². The highest BCUT2D eigenvalue weighted by Crippen LogP contribution is 2.30. The third-order valence-corrected chi connectivity index (χ3v) is 12.9. The second kappa shape index (κ2) is 19.1. The fourth-order valence-electron chi connectivity index (χ4n) is 9.06. The van der Waals surface area contributed by atoms with Gasteiger partial charge < -0.3 is 0 Å². The summed E-state index contributed by atoms with van der Waals surface area (Å²) >= 11 is 3.42. The molecule has 0 aliphatic rings. The Morgan fingerprint density at radius 2 is 0.688 bits per heavy atom. The van der Waals surface area contributed by atoms with Crippen molar-refractivity contribution in [1.29, 1.82) is 0 Å². The van der Waals surface area contributed by atoms with Gasteiger partial charge in [0.15, 0.2) is 0 Å². The van der Waals surface area contributed by atoms with E-state index < -0.39 is 0 Å². The molecular weight excluding hydrogens is 839 g/mol. The Morgan fingerprint density at radius 1 is 0.375 bits per heavy atom. The van der Waals surface area contributed by atoms with Crippen molar-refractivity contribution < 1.29 is 0 Å². The van der Waals surface area contributed by atoms with Gasteiger partial charge in [-0.1, -0.05) is 219 Å². The summed E-state index contributed by atoms with van der Waals surface area (Å²) in [5.74, 6) is 0. The van der Waals surface area contributed by atoms with Gasteiger partial charge in [0.05, 0.1) is 11.4 Å². The Bertz CT molecular complexity index is 2740. The molecular formula is C60H62BBrN2. The summed E-state index contributed by atoms with van der Waals surface area (Å²) in [7, 11) is 0. The van der Waals surface area contributed by atoms with Gasteiger partial charge in [0, 0.05) is 28.0 Å². The molecule has 0 aliphatic heterocycles. The molecule has 0 bridgehead atoms. The van der Waals surface area contributed by atoms with Crippen molar-refractivity contribution in [3.63, 3.8) is 0 Å². The summed E-state index contributed by atoms with van der Waals surface area (Å²) in [4.78, 5) is 9.46. The molecule has 0 saturated carbocycles. The first-order valence-electron chi connectivity index (χ1n) is 22.5. The summed E-state index contributed by atoms with van der Waals surface area (Å²) in [6.45, 7) is 27.0. The van der Waals surface area contributed by atoms with Gasteiger partial charge in [-0.05, 0) is 120 Å². The molecule has 8 rings (SSSR count). The fraction of sp³-hybridized carbons (Fsp3) is 0.233. The van der Waals surface area contributed by atoms with Crippen LogP contribution in [0.3, 0.4) is 0 Å². The number of halogens is 1. The molecule has 64 heavy (non-hydrogen) atoms. The standard InChI is InChI=1S/C39H42BN.C21H20BrN/c1-25-20-27(3)37(28(4)21-25)40(38-29(5)22-26(2)23-30(38)6)35-18-19-36(41-24-35)33-12-10-31(11-13-33)32-14-16-34(17-15-32)39(7,8)9;1-21(2,3)18-10-8-16(9-11-18)15-4-6-17(7-5-15)20-13-12-19(22)14-23-20/h10-24H,1-9H3;4-14H,1-3H3. The smallest absolute Gasteiger partial charge is 0.244 e. The van der Waals surface area contributed by atoms with E-state index in [-0.39, 0.29) is 17.5 Å². The summed E-state index contributed by atoms with van der Waals surface area (Å²) in [6.07, 6.45) is 3.92. The van der Waals surface area contributed by atoms with Crippen molar-refractivity contribution in [2.24, 2.45) is 0 Å². The molecule has 2 heterocycles. The summed E-state index contributed by atoms with van der Waals surface area (Å²) in [5, 5.41) is 0. The lowest BCUT2D eigenvalue weighted by atomic mass is 9.34. The van der Waals surface area contributed by atoms with Crippen LogP contribution in [0.4, 0.5) is 0 Å². The SMILES string of the molecule is CC(C)(C)c1ccc(-c2ccc(-c3ccc(Br)cn3)cc2)cc1.Cc1cc(C)c(B(c2ccc(-c3ccc(-c4ccc(C(C)(C)C)cc4)cc3)nc2)c2c(C)cc(C)cc2C)c(C)c1. The highest BCUT2D eigenvalue weighted by Gasteiger charge is 2.29. The van der Waals surface area contributed by atoms with Gasteiger partial charge in [0.25, 0.3) is 0 Å². The van der Waals surface area contributed by atoms with Crippen LogP contribution < -0.4 is 16.4 Å². The van der Waals surface area contributed by atoms with Gasteiger partial charge in [-0.25, -0.2) is 0 Å². The summed E-state index contributed by atoms with van der Waals surface area (Å²) in [5.41, 5.74) is 24.2. The Labute approximate surface area is 392 Å². The number of aromatic nitrogens is 2. The van der Waals surface area contributed by atoms with Crippen LogP contribution in [0, 0.1) is 41.5 Å².